The molecule has 0 atom stereocenters. The molecular weight excluding hydrogens is 186 g/mol. The predicted molar refractivity (Wildman–Crippen MR) is 50.0 cm³/mol. The van der Waals surface area contributed by atoms with Gasteiger partial charge in [0.25, 0.3) is 0 Å². The second kappa shape index (κ2) is 2.45. The number of aromatic nitrogens is 3. The highest BCUT2D eigenvalue weighted by Gasteiger charge is 2.28. The maximum Gasteiger partial charge on any atom is 0.156 e. The predicted octanol–water partition coefficient (Wildman–Crippen LogP) is 2.26. The van der Waals surface area contributed by atoms with E-state index in [-0.39, 0.29) is 0 Å². The average Bonchev–Trinajstić information content (AvgIpc) is 2.94. The van der Waals surface area contributed by atoms with E-state index in [1.165, 1.54) is 12.8 Å². The summed E-state index contributed by atoms with van der Waals surface area (Å²) in [6.07, 6.45) is 7.90. The fourth-order valence-electron chi connectivity index (χ4n) is 1.55. The van der Waals surface area contributed by atoms with Crippen molar-refractivity contribution in [3.8, 4) is 0 Å². The standard InChI is InChI=1S/C9H8ClN3/c10-8-7-5-11-3-4-13(7)9(12-8)6-1-2-6/h3-6H,1-2H2. The van der Waals surface area contributed by atoms with E-state index in [4.69, 9.17) is 11.6 Å². The van der Waals surface area contributed by atoms with Crippen LogP contribution < -0.4 is 0 Å². The van der Waals surface area contributed by atoms with Crippen LogP contribution >= 0.6 is 11.6 Å². The lowest BCUT2D eigenvalue weighted by Gasteiger charge is -1.95. The van der Waals surface area contributed by atoms with Crippen LogP contribution in [0.4, 0.5) is 0 Å². The number of rotatable bonds is 1. The summed E-state index contributed by atoms with van der Waals surface area (Å²) in [5.74, 6) is 1.70. The third kappa shape index (κ3) is 1.04. The summed E-state index contributed by atoms with van der Waals surface area (Å²) in [6, 6.07) is 0. The van der Waals surface area contributed by atoms with E-state index in [0.717, 1.165) is 11.3 Å². The van der Waals surface area contributed by atoms with Gasteiger partial charge in [0.15, 0.2) is 5.15 Å². The highest BCUT2D eigenvalue weighted by atomic mass is 35.5. The number of fused-ring (bicyclic) bond motifs is 1. The van der Waals surface area contributed by atoms with Gasteiger partial charge in [0, 0.05) is 18.3 Å². The lowest BCUT2D eigenvalue weighted by molar-refractivity contribution is 0.915. The van der Waals surface area contributed by atoms with Crippen molar-refractivity contribution in [2.45, 2.75) is 18.8 Å². The molecule has 2 aromatic rings. The van der Waals surface area contributed by atoms with Crippen LogP contribution in [-0.2, 0) is 0 Å². The first kappa shape index (κ1) is 7.33. The van der Waals surface area contributed by atoms with Crippen LogP contribution in [0.15, 0.2) is 18.6 Å². The van der Waals surface area contributed by atoms with Gasteiger partial charge in [-0.1, -0.05) is 11.6 Å². The summed E-state index contributed by atoms with van der Waals surface area (Å²) in [5, 5.41) is 0.565. The maximum atomic E-state index is 5.98. The highest BCUT2D eigenvalue weighted by Crippen LogP contribution is 2.40. The molecule has 0 radical (unpaired) electrons. The van der Waals surface area contributed by atoms with Crippen LogP contribution in [0.2, 0.25) is 5.15 Å². The zero-order chi connectivity index (χ0) is 8.84. The molecule has 66 valence electrons. The second-order valence-corrected chi connectivity index (χ2v) is 3.72. The molecule has 0 saturated heterocycles. The van der Waals surface area contributed by atoms with Crippen molar-refractivity contribution >= 4 is 17.1 Å². The van der Waals surface area contributed by atoms with Gasteiger partial charge in [-0.15, -0.1) is 0 Å². The van der Waals surface area contributed by atoms with Crippen LogP contribution in [0.25, 0.3) is 5.52 Å². The van der Waals surface area contributed by atoms with Crippen LogP contribution in [-0.4, -0.2) is 14.4 Å². The van der Waals surface area contributed by atoms with E-state index in [1.807, 2.05) is 10.6 Å². The molecule has 2 aromatic heterocycles. The molecule has 1 fully saturated rings. The molecule has 13 heavy (non-hydrogen) atoms. The first-order valence-corrected chi connectivity index (χ1v) is 4.71. The minimum Gasteiger partial charge on any atom is -0.299 e. The van der Waals surface area contributed by atoms with Gasteiger partial charge in [0.05, 0.1) is 6.20 Å². The molecule has 1 aliphatic rings. The third-order valence-corrected chi connectivity index (χ3v) is 2.65. The molecule has 0 spiro atoms. The van der Waals surface area contributed by atoms with E-state index in [1.54, 1.807) is 12.4 Å². The Morgan fingerprint density at radius 1 is 1.46 bits per heavy atom. The number of imidazole rings is 1. The molecule has 0 unspecified atom stereocenters. The van der Waals surface area contributed by atoms with Crippen LogP contribution in [0.3, 0.4) is 0 Å². The van der Waals surface area contributed by atoms with Crippen molar-refractivity contribution in [2.75, 3.05) is 0 Å². The van der Waals surface area contributed by atoms with Gasteiger partial charge in [-0.2, -0.15) is 0 Å². The Morgan fingerprint density at radius 3 is 3.08 bits per heavy atom. The van der Waals surface area contributed by atoms with Crippen molar-refractivity contribution in [2.24, 2.45) is 0 Å². The van der Waals surface area contributed by atoms with E-state index in [9.17, 15) is 0 Å². The third-order valence-electron chi connectivity index (χ3n) is 2.37. The molecule has 3 rings (SSSR count). The number of halogens is 1. The lowest BCUT2D eigenvalue weighted by Crippen LogP contribution is -1.91. The first-order chi connectivity index (χ1) is 6.36. The largest absolute Gasteiger partial charge is 0.299 e. The Balaban J connectivity index is 2.34. The average molecular weight is 194 g/mol. The van der Waals surface area contributed by atoms with Crippen molar-refractivity contribution in [3.05, 3.63) is 29.6 Å². The van der Waals surface area contributed by atoms with E-state index >= 15 is 0 Å². The molecule has 0 bridgehead atoms. The van der Waals surface area contributed by atoms with Gasteiger partial charge < -0.3 is 0 Å². The number of hydrogen-bond donors (Lipinski definition) is 0. The molecule has 1 aliphatic carbocycles. The van der Waals surface area contributed by atoms with Crippen LogP contribution in [0.1, 0.15) is 24.6 Å². The minimum atomic E-state index is 0.565. The topological polar surface area (TPSA) is 30.2 Å². The van der Waals surface area contributed by atoms with Crippen LogP contribution in [0, 0.1) is 0 Å². The smallest absolute Gasteiger partial charge is 0.156 e. The van der Waals surface area contributed by atoms with Crippen molar-refractivity contribution in [1.82, 2.24) is 14.4 Å². The van der Waals surface area contributed by atoms with E-state index in [0.29, 0.717) is 11.1 Å². The van der Waals surface area contributed by atoms with Gasteiger partial charge in [-0.05, 0) is 12.8 Å². The molecule has 4 heteroatoms. The summed E-state index contributed by atoms with van der Waals surface area (Å²) in [7, 11) is 0. The van der Waals surface area contributed by atoms with E-state index in [2.05, 4.69) is 9.97 Å². The second-order valence-electron chi connectivity index (χ2n) is 3.37. The van der Waals surface area contributed by atoms with Gasteiger partial charge in [-0.25, -0.2) is 4.98 Å². The molecule has 0 aromatic carbocycles. The monoisotopic (exact) mass is 193 g/mol. The normalized spacial score (nSPS) is 16.7. The van der Waals surface area contributed by atoms with Crippen molar-refractivity contribution in [3.63, 3.8) is 0 Å². The van der Waals surface area contributed by atoms with E-state index < -0.39 is 0 Å². The first-order valence-electron chi connectivity index (χ1n) is 4.34. The molecule has 0 N–H and O–H groups in total. The van der Waals surface area contributed by atoms with Crippen LogP contribution in [0.5, 0.6) is 0 Å². The Hall–Kier alpha value is -1.09. The number of hydrogen-bond acceptors (Lipinski definition) is 2. The van der Waals surface area contributed by atoms with Gasteiger partial charge >= 0.3 is 0 Å². The van der Waals surface area contributed by atoms with Gasteiger partial charge in [0.2, 0.25) is 0 Å². The fourth-order valence-corrected chi connectivity index (χ4v) is 1.78. The molecule has 1 saturated carbocycles. The molecule has 2 heterocycles. The fraction of sp³-hybridized carbons (Fsp3) is 0.333. The molecule has 3 nitrogen and oxygen atoms in total. The zero-order valence-corrected chi connectivity index (χ0v) is 7.70. The molecular formula is C9H8ClN3. The molecule has 0 aliphatic heterocycles. The summed E-state index contributed by atoms with van der Waals surface area (Å²) in [6.45, 7) is 0. The molecule has 0 amide bonds. The SMILES string of the molecule is Clc1nc(C2CC2)n2ccncc12. The highest BCUT2D eigenvalue weighted by molar-refractivity contribution is 6.32. The summed E-state index contributed by atoms with van der Waals surface area (Å²) in [4.78, 5) is 8.36. The van der Waals surface area contributed by atoms with Crippen molar-refractivity contribution in [1.29, 1.82) is 0 Å². The Bertz CT molecular complexity index is 459. The summed E-state index contributed by atoms with van der Waals surface area (Å²) in [5.41, 5.74) is 0.908. The lowest BCUT2D eigenvalue weighted by atomic mass is 10.4. The van der Waals surface area contributed by atoms with Gasteiger partial charge in [-0.3, -0.25) is 9.38 Å². The Morgan fingerprint density at radius 2 is 2.31 bits per heavy atom. The minimum absolute atomic E-state index is 0.565. The maximum absolute atomic E-state index is 5.98. The van der Waals surface area contributed by atoms with Gasteiger partial charge in [0.1, 0.15) is 11.3 Å². The zero-order valence-electron chi connectivity index (χ0n) is 6.94. The summed E-state index contributed by atoms with van der Waals surface area (Å²) >= 11 is 5.98. The van der Waals surface area contributed by atoms with Crippen molar-refractivity contribution < 1.29 is 0 Å². The Labute approximate surface area is 80.4 Å². The Kier molecular flexibility index (Phi) is 1.38. The number of nitrogens with zero attached hydrogens (tertiary/aromatic N) is 3. The summed E-state index contributed by atoms with van der Waals surface area (Å²) < 4.78 is 2.03. The quantitative estimate of drug-likeness (QED) is 0.696.